The summed E-state index contributed by atoms with van der Waals surface area (Å²) in [5.41, 5.74) is 0.738. The first-order valence-corrected chi connectivity index (χ1v) is 7.42. The van der Waals surface area contributed by atoms with E-state index in [4.69, 9.17) is 4.74 Å². The summed E-state index contributed by atoms with van der Waals surface area (Å²) in [7, 11) is 5.05. The fourth-order valence-electron chi connectivity index (χ4n) is 2.57. The number of methoxy groups -OCH3 is 1. The molecule has 1 aromatic rings. The van der Waals surface area contributed by atoms with Crippen molar-refractivity contribution in [3.8, 4) is 5.75 Å². The summed E-state index contributed by atoms with van der Waals surface area (Å²) in [5.74, 6) is 0.541. The third-order valence-electron chi connectivity index (χ3n) is 3.80. The van der Waals surface area contributed by atoms with Crippen molar-refractivity contribution in [3.63, 3.8) is 0 Å². The van der Waals surface area contributed by atoms with Gasteiger partial charge < -0.3 is 19.9 Å². The Labute approximate surface area is 131 Å². The highest BCUT2D eigenvalue weighted by atomic mass is 16.5. The van der Waals surface area contributed by atoms with Crippen molar-refractivity contribution in [2.45, 2.75) is 12.8 Å². The SMILES string of the molecule is COc1ccc(NC(=O)[C@H]2CCCN(C(=O)N(C)C)C2)cc1. The maximum Gasteiger partial charge on any atom is 0.319 e. The van der Waals surface area contributed by atoms with E-state index in [1.165, 1.54) is 0 Å². The molecule has 22 heavy (non-hydrogen) atoms. The number of hydrogen-bond acceptors (Lipinski definition) is 3. The molecular weight excluding hydrogens is 282 g/mol. The molecule has 6 heteroatoms. The zero-order chi connectivity index (χ0) is 16.1. The van der Waals surface area contributed by atoms with Crippen LogP contribution in [0.3, 0.4) is 0 Å². The smallest absolute Gasteiger partial charge is 0.319 e. The Kier molecular flexibility index (Phi) is 5.25. The fourth-order valence-corrected chi connectivity index (χ4v) is 2.57. The van der Waals surface area contributed by atoms with Crippen molar-refractivity contribution in [1.82, 2.24) is 9.80 Å². The second kappa shape index (κ2) is 7.15. The molecular formula is C16H23N3O3. The summed E-state index contributed by atoms with van der Waals surface area (Å²) in [4.78, 5) is 27.7. The Balaban J connectivity index is 1.95. The van der Waals surface area contributed by atoms with Gasteiger partial charge in [0.2, 0.25) is 5.91 Å². The average Bonchev–Trinajstić information content (AvgIpc) is 2.54. The minimum absolute atomic E-state index is 0.0399. The Morgan fingerprint density at radius 3 is 2.55 bits per heavy atom. The van der Waals surface area contributed by atoms with Gasteiger partial charge in [-0.1, -0.05) is 0 Å². The van der Waals surface area contributed by atoms with Crippen LogP contribution in [0, 0.1) is 5.92 Å². The third kappa shape index (κ3) is 3.90. The lowest BCUT2D eigenvalue weighted by atomic mass is 9.97. The minimum Gasteiger partial charge on any atom is -0.497 e. The monoisotopic (exact) mass is 305 g/mol. The number of carbonyl (C=O) groups is 2. The number of benzene rings is 1. The third-order valence-corrected chi connectivity index (χ3v) is 3.80. The summed E-state index contributed by atoms with van der Waals surface area (Å²) in [6, 6.07) is 7.18. The molecule has 0 radical (unpaired) electrons. The van der Waals surface area contributed by atoms with Crippen LogP contribution in [0.25, 0.3) is 0 Å². The van der Waals surface area contributed by atoms with Gasteiger partial charge in [-0.05, 0) is 37.1 Å². The van der Waals surface area contributed by atoms with Gasteiger partial charge in [0.1, 0.15) is 5.75 Å². The van der Waals surface area contributed by atoms with E-state index in [0.29, 0.717) is 13.1 Å². The summed E-state index contributed by atoms with van der Waals surface area (Å²) in [6.07, 6.45) is 1.65. The highest BCUT2D eigenvalue weighted by Crippen LogP contribution is 2.21. The molecule has 0 spiro atoms. The molecule has 1 fully saturated rings. The van der Waals surface area contributed by atoms with E-state index < -0.39 is 0 Å². The van der Waals surface area contributed by atoms with E-state index in [1.807, 2.05) is 12.1 Å². The maximum absolute atomic E-state index is 12.4. The first-order chi connectivity index (χ1) is 10.5. The number of anilines is 1. The quantitative estimate of drug-likeness (QED) is 0.929. The first kappa shape index (κ1) is 16.1. The van der Waals surface area contributed by atoms with Crippen LogP contribution in [0.5, 0.6) is 5.75 Å². The predicted molar refractivity (Wildman–Crippen MR) is 85.0 cm³/mol. The molecule has 120 valence electrons. The molecule has 1 aromatic carbocycles. The first-order valence-electron chi connectivity index (χ1n) is 7.42. The van der Waals surface area contributed by atoms with Gasteiger partial charge in [0.25, 0.3) is 0 Å². The highest BCUT2D eigenvalue weighted by molar-refractivity contribution is 5.93. The van der Waals surface area contributed by atoms with Crippen molar-refractivity contribution in [3.05, 3.63) is 24.3 Å². The molecule has 1 aliphatic heterocycles. The molecule has 0 aromatic heterocycles. The van der Waals surface area contributed by atoms with E-state index in [2.05, 4.69) is 5.32 Å². The molecule has 1 aliphatic rings. The van der Waals surface area contributed by atoms with Crippen molar-refractivity contribution in [2.24, 2.45) is 5.92 Å². The molecule has 0 saturated carbocycles. The van der Waals surface area contributed by atoms with E-state index >= 15 is 0 Å². The van der Waals surface area contributed by atoms with Crippen molar-refractivity contribution in [1.29, 1.82) is 0 Å². The molecule has 0 bridgehead atoms. The molecule has 1 atom stereocenters. The van der Waals surface area contributed by atoms with Gasteiger partial charge >= 0.3 is 6.03 Å². The summed E-state index contributed by atoms with van der Waals surface area (Å²) in [6.45, 7) is 1.18. The number of ether oxygens (including phenoxy) is 1. The lowest BCUT2D eigenvalue weighted by Gasteiger charge is -2.33. The molecule has 6 nitrogen and oxygen atoms in total. The Hall–Kier alpha value is -2.24. The van der Waals surface area contributed by atoms with Crippen LogP contribution < -0.4 is 10.1 Å². The van der Waals surface area contributed by atoms with Gasteiger partial charge in [-0.25, -0.2) is 4.79 Å². The number of nitrogens with zero attached hydrogens (tertiary/aromatic N) is 2. The minimum atomic E-state index is -0.167. The van der Waals surface area contributed by atoms with Gasteiger partial charge in [-0.3, -0.25) is 4.79 Å². The second-order valence-corrected chi connectivity index (χ2v) is 5.68. The van der Waals surface area contributed by atoms with Gasteiger partial charge in [-0.15, -0.1) is 0 Å². The zero-order valence-electron chi connectivity index (χ0n) is 13.3. The summed E-state index contributed by atoms with van der Waals surface area (Å²) >= 11 is 0. The lowest BCUT2D eigenvalue weighted by molar-refractivity contribution is -0.121. The molecule has 0 unspecified atom stereocenters. The number of amides is 3. The van der Waals surface area contributed by atoms with E-state index in [-0.39, 0.29) is 17.9 Å². The predicted octanol–water partition coefficient (Wildman–Crippen LogP) is 2.03. The lowest BCUT2D eigenvalue weighted by Crippen LogP contribution is -2.47. The molecule has 2 rings (SSSR count). The summed E-state index contributed by atoms with van der Waals surface area (Å²) < 4.78 is 5.09. The van der Waals surface area contributed by atoms with Crippen molar-refractivity contribution in [2.75, 3.05) is 39.6 Å². The normalized spacial score (nSPS) is 17.8. The molecule has 1 N–H and O–H groups in total. The maximum atomic E-state index is 12.4. The number of piperidine rings is 1. The number of hydrogen-bond donors (Lipinski definition) is 1. The largest absolute Gasteiger partial charge is 0.497 e. The average molecular weight is 305 g/mol. The van der Waals surface area contributed by atoms with Crippen molar-refractivity contribution >= 4 is 17.6 Å². The molecule has 3 amide bonds. The Morgan fingerprint density at radius 2 is 1.95 bits per heavy atom. The van der Waals surface area contributed by atoms with Gasteiger partial charge in [-0.2, -0.15) is 0 Å². The van der Waals surface area contributed by atoms with Crippen molar-refractivity contribution < 1.29 is 14.3 Å². The number of nitrogens with one attached hydrogen (secondary N) is 1. The van der Waals surface area contributed by atoms with E-state index in [9.17, 15) is 9.59 Å². The zero-order valence-corrected chi connectivity index (χ0v) is 13.3. The van der Waals surface area contributed by atoms with Crippen LogP contribution in [-0.2, 0) is 4.79 Å². The Morgan fingerprint density at radius 1 is 1.27 bits per heavy atom. The topological polar surface area (TPSA) is 61.9 Å². The number of rotatable bonds is 3. The van der Waals surface area contributed by atoms with Crippen LogP contribution >= 0.6 is 0 Å². The number of carbonyl (C=O) groups excluding carboxylic acids is 2. The Bertz CT molecular complexity index is 528. The molecule has 0 aliphatic carbocycles. The second-order valence-electron chi connectivity index (χ2n) is 5.68. The van der Waals surface area contributed by atoms with Crippen LogP contribution in [0.15, 0.2) is 24.3 Å². The van der Waals surface area contributed by atoms with Crippen LogP contribution in [0.4, 0.5) is 10.5 Å². The number of likely N-dealkylation sites (tertiary alicyclic amines) is 1. The van der Waals surface area contributed by atoms with E-state index in [1.54, 1.807) is 43.1 Å². The fraction of sp³-hybridized carbons (Fsp3) is 0.500. The van der Waals surface area contributed by atoms with Gasteiger partial charge in [0.15, 0.2) is 0 Å². The van der Waals surface area contributed by atoms with Gasteiger partial charge in [0, 0.05) is 32.9 Å². The molecule has 1 saturated heterocycles. The van der Waals surface area contributed by atoms with E-state index in [0.717, 1.165) is 24.3 Å². The van der Waals surface area contributed by atoms with Crippen LogP contribution in [0.2, 0.25) is 0 Å². The van der Waals surface area contributed by atoms with Crippen LogP contribution in [-0.4, -0.2) is 56.0 Å². The molecule has 1 heterocycles. The highest BCUT2D eigenvalue weighted by Gasteiger charge is 2.29. The standard InChI is InChI=1S/C16H23N3O3/c1-18(2)16(21)19-10-4-5-12(11-19)15(20)17-13-6-8-14(22-3)9-7-13/h6-9,12H,4-5,10-11H2,1-3H3,(H,17,20)/t12-/m0/s1. The number of urea groups is 1. The van der Waals surface area contributed by atoms with Gasteiger partial charge in [0.05, 0.1) is 13.0 Å². The summed E-state index contributed by atoms with van der Waals surface area (Å²) in [5, 5.41) is 2.91. The van der Waals surface area contributed by atoms with Crippen LogP contribution in [0.1, 0.15) is 12.8 Å².